The molecule has 1 aliphatic carbocycles. The molecule has 0 unspecified atom stereocenters. The number of hydrogen-bond acceptors (Lipinski definition) is 3. The van der Waals surface area contributed by atoms with E-state index in [4.69, 9.17) is 14.6 Å². The Balaban J connectivity index is 1.91. The Hall–Kier alpha value is -1.55. The van der Waals surface area contributed by atoms with Crippen LogP contribution in [0.1, 0.15) is 30.4 Å². The topological polar surface area (TPSA) is 55.8 Å². The second kappa shape index (κ2) is 3.74. The average Bonchev–Trinajstić information content (AvgIpc) is 3.08. The van der Waals surface area contributed by atoms with Gasteiger partial charge in [-0.2, -0.15) is 0 Å². The van der Waals surface area contributed by atoms with Gasteiger partial charge in [0.15, 0.2) is 6.79 Å². The molecule has 0 saturated heterocycles. The number of hydrogen-bond donors (Lipinski definition) is 1. The first-order chi connectivity index (χ1) is 8.20. The van der Waals surface area contributed by atoms with E-state index >= 15 is 0 Å². The molecule has 1 aliphatic heterocycles. The molecule has 1 saturated carbocycles. The first kappa shape index (κ1) is 10.6. The van der Waals surface area contributed by atoms with E-state index in [0.29, 0.717) is 6.61 Å². The van der Waals surface area contributed by atoms with Crippen LogP contribution in [0.5, 0.6) is 5.75 Å². The average molecular weight is 234 g/mol. The second-order valence-corrected chi connectivity index (χ2v) is 4.78. The van der Waals surface area contributed by atoms with Crippen molar-refractivity contribution in [2.24, 2.45) is 0 Å². The van der Waals surface area contributed by atoms with Crippen molar-refractivity contribution in [3.63, 3.8) is 0 Å². The zero-order valence-electron chi connectivity index (χ0n) is 9.44. The quantitative estimate of drug-likeness (QED) is 0.869. The third-order valence-electron chi connectivity index (χ3n) is 3.58. The lowest BCUT2D eigenvalue weighted by molar-refractivity contribution is -0.137. The molecule has 0 radical (unpaired) electrons. The summed E-state index contributed by atoms with van der Waals surface area (Å²) in [4.78, 5) is 10.9. The third kappa shape index (κ3) is 1.89. The molecular weight excluding hydrogens is 220 g/mol. The predicted octanol–water partition coefficient (Wildman–Crippen LogP) is 2.06. The van der Waals surface area contributed by atoms with Crippen LogP contribution in [0.2, 0.25) is 0 Å². The minimum absolute atomic E-state index is 0.150. The maximum absolute atomic E-state index is 10.9. The number of aliphatic carboxylic acids is 1. The SMILES string of the molecule is O=C(O)CC1(c2ccc3c(c2)OCOC3)CC1. The van der Waals surface area contributed by atoms with Crippen LogP contribution in [0.15, 0.2) is 18.2 Å². The summed E-state index contributed by atoms with van der Waals surface area (Å²) in [7, 11) is 0. The van der Waals surface area contributed by atoms with Gasteiger partial charge in [0.05, 0.1) is 13.0 Å². The Morgan fingerprint density at radius 2 is 2.24 bits per heavy atom. The molecule has 3 rings (SSSR count). The zero-order chi connectivity index (χ0) is 11.9. The van der Waals surface area contributed by atoms with Crippen LogP contribution >= 0.6 is 0 Å². The zero-order valence-corrected chi connectivity index (χ0v) is 9.44. The van der Waals surface area contributed by atoms with Crippen LogP contribution < -0.4 is 4.74 Å². The predicted molar refractivity (Wildman–Crippen MR) is 59.9 cm³/mol. The van der Waals surface area contributed by atoms with Gasteiger partial charge in [-0.25, -0.2) is 0 Å². The van der Waals surface area contributed by atoms with Gasteiger partial charge < -0.3 is 14.6 Å². The summed E-state index contributed by atoms with van der Waals surface area (Å²) in [6.45, 7) is 0.851. The summed E-state index contributed by atoms with van der Waals surface area (Å²) in [6, 6.07) is 5.96. The third-order valence-corrected chi connectivity index (χ3v) is 3.58. The number of carboxylic acids is 1. The smallest absolute Gasteiger partial charge is 0.304 e. The molecular formula is C13H14O4. The molecule has 1 aromatic rings. The van der Waals surface area contributed by atoms with Crippen molar-refractivity contribution in [1.82, 2.24) is 0 Å². The lowest BCUT2D eigenvalue weighted by Gasteiger charge is -2.20. The van der Waals surface area contributed by atoms with Crippen molar-refractivity contribution in [1.29, 1.82) is 0 Å². The first-order valence-electron chi connectivity index (χ1n) is 5.75. The van der Waals surface area contributed by atoms with Crippen LogP contribution in [-0.2, 0) is 21.6 Å². The van der Waals surface area contributed by atoms with Gasteiger partial charge in [-0.1, -0.05) is 12.1 Å². The molecule has 1 heterocycles. The van der Waals surface area contributed by atoms with Crippen molar-refractivity contribution in [2.75, 3.05) is 6.79 Å². The van der Waals surface area contributed by atoms with Crippen molar-refractivity contribution in [3.05, 3.63) is 29.3 Å². The standard InChI is InChI=1S/C13H14O4/c14-12(15)6-13(3-4-13)10-2-1-9-7-16-8-17-11(9)5-10/h1-2,5H,3-4,6-8H2,(H,14,15). The van der Waals surface area contributed by atoms with Crippen LogP contribution in [0.4, 0.5) is 0 Å². The van der Waals surface area contributed by atoms with Crippen LogP contribution in [0.25, 0.3) is 0 Å². The first-order valence-corrected chi connectivity index (χ1v) is 5.75. The number of carboxylic acid groups (broad SMARTS) is 1. The fourth-order valence-electron chi connectivity index (χ4n) is 2.40. The van der Waals surface area contributed by atoms with E-state index < -0.39 is 5.97 Å². The molecule has 0 spiro atoms. The summed E-state index contributed by atoms with van der Waals surface area (Å²) in [5, 5.41) is 8.94. The molecule has 0 bridgehead atoms. The molecule has 90 valence electrons. The lowest BCUT2D eigenvalue weighted by atomic mass is 9.91. The Morgan fingerprint density at radius 1 is 1.41 bits per heavy atom. The van der Waals surface area contributed by atoms with Gasteiger partial charge in [0, 0.05) is 11.0 Å². The molecule has 0 atom stereocenters. The van der Waals surface area contributed by atoms with Gasteiger partial charge in [0.2, 0.25) is 0 Å². The van der Waals surface area contributed by atoms with E-state index in [9.17, 15) is 4.79 Å². The van der Waals surface area contributed by atoms with Gasteiger partial charge in [-0.05, 0) is 24.5 Å². The fourth-order valence-corrected chi connectivity index (χ4v) is 2.40. The Kier molecular flexibility index (Phi) is 2.33. The van der Waals surface area contributed by atoms with E-state index in [1.165, 1.54) is 0 Å². The Labute approximate surface area is 99.2 Å². The number of carbonyl (C=O) groups is 1. The summed E-state index contributed by atoms with van der Waals surface area (Å²) >= 11 is 0. The second-order valence-electron chi connectivity index (χ2n) is 4.78. The molecule has 0 aromatic heterocycles. The summed E-state index contributed by atoms with van der Waals surface area (Å²) in [6.07, 6.45) is 2.12. The minimum atomic E-state index is -0.732. The van der Waals surface area contributed by atoms with Crippen molar-refractivity contribution >= 4 is 5.97 Å². The number of ether oxygens (including phenoxy) is 2. The van der Waals surface area contributed by atoms with E-state index in [0.717, 1.165) is 29.7 Å². The molecule has 0 amide bonds. The van der Waals surface area contributed by atoms with E-state index in [1.807, 2.05) is 18.2 Å². The monoisotopic (exact) mass is 234 g/mol. The van der Waals surface area contributed by atoms with Gasteiger partial charge >= 0.3 is 5.97 Å². The summed E-state index contributed by atoms with van der Waals surface area (Å²) in [5.74, 6) is 0.106. The Bertz CT molecular complexity index is 462. The van der Waals surface area contributed by atoms with Crippen LogP contribution in [0, 0.1) is 0 Å². The maximum atomic E-state index is 10.9. The molecule has 1 N–H and O–H groups in total. The fraction of sp³-hybridized carbons (Fsp3) is 0.462. The molecule has 1 fully saturated rings. The number of fused-ring (bicyclic) bond motifs is 1. The molecule has 17 heavy (non-hydrogen) atoms. The van der Waals surface area contributed by atoms with E-state index in [1.54, 1.807) is 0 Å². The highest BCUT2D eigenvalue weighted by atomic mass is 16.7. The molecule has 1 aromatic carbocycles. The van der Waals surface area contributed by atoms with Gasteiger partial charge in [-0.15, -0.1) is 0 Å². The van der Waals surface area contributed by atoms with Crippen molar-refractivity contribution in [2.45, 2.75) is 31.3 Å². The van der Waals surface area contributed by atoms with Crippen LogP contribution in [0.3, 0.4) is 0 Å². The van der Waals surface area contributed by atoms with Gasteiger partial charge in [-0.3, -0.25) is 4.79 Å². The highest BCUT2D eigenvalue weighted by Gasteiger charge is 2.46. The minimum Gasteiger partial charge on any atom is -0.481 e. The number of rotatable bonds is 3. The Morgan fingerprint density at radius 3 is 2.94 bits per heavy atom. The maximum Gasteiger partial charge on any atom is 0.304 e. The van der Waals surface area contributed by atoms with Gasteiger partial charge in [0.1, 0.15) is 5.75 Å². The summed E-state index contributed by atoms with van der Waals surface area (Å²) < 4.78 is 10.6. The van der Waals surface area contributed by atoms with Gasteiger partial charge in [0.25, 0.3) is 0 Å². The lowest BCUT2D eigenvalue weighted by Crippen LogP contribution is -2.15. The largest absolute Gasteiger partial charge is 0.481 e. The highest BCUT2D eigenvalue weighted by molar-refractivity contribution is 5.70. The molecule has 4 nitrogen and oxygen atoms in total. The summed E-state index contributed by atoms with van der Waals surface area (Å²) in [5.41, 5.74) is 1.97. The van der Waals surface area contributed by atoms with Crippen LogP contribution in [-0.4, -0.2) is 17.9 Å². The van der Waals surface area contributed by atoms with E-state index in [-0.39, 0.29) is 18.6 Å². The van der Waals surface area contributed by atoms with E-state index in [2.05, 4.69) is 0 Å². The molecule has 2 aliphatic rings. The van der Waals surface area contributed by atoms with Crippen molar-refractivity contribution in [3.8, 4) is 5.75 Å². The number of benzene rings is 1. The molecule has 4 heteroatoms. The highest BCUT2D eigenvalue weighted by Crippen LogP contribution is 2.52. The van der Waals surface area contributed by atoms with Crippen molar-refractivity contribution < 1.29 is 19.4 Å². The normalized spacial score (nSPS) is 20.2.